The van der Waals surface area contributed by atoms with Gasteiger partial charge in [0.2, 0.25) is 11.8 Å². The van der Waals surface area contributed by atoms with Crippen molar-refractivity contribution < 1.29 is 9.59 Å². The number of hydrogen-bond acceptors (Lipinski definition) is 3. The molecule has 0 saturated heterocycles. The van der Waals surface area contributed by atoms with Crippen molar-refractivity contribution in [2.45, 2.75) is 58.5 Å². The van der Waals surface area contributed by atoms with Crippen LogP contribution in [0.1, 0.15) is 46.5 Å². The third-order valence-electron chi connectivity index (χ3n) is 3.97. The number of carbonyl (C=O) groups is 2. The average molecular weight is 306 g/mol. The Morgan fingerprint density at radius 2 is 1.95 bits per heavy atom. The predicted octanol–water partition coefficient (Wildman–Crippen LogP) is 1.20. The number of halogens is 1. The number of hydrogen-bond donors (Lipinski definition) is 3. The molecular formula is C14H28ClN3O2. The van der Waals surface area contributed by atoms with E-state index in [0.717, 1.165) is 12.8 Å². The maximum absolute atomic E-state index is 11.8. The lowest BCUT2D eigenvalue weighted by molar-refractivity contribution is -0.127. The molecule has 5 nitrogen and oxygen atoms in total. The fraction of sp³-hybridized carbons (Fsp3) is 0.857. The molecule has 1 aliphatic carbocycles. The lowest BCUT2D eigenvalue weighted by Crippen LogP contribution is -2.48. The summed E-state index contributed by atoms with van der Waals surface area (Å²) in [7, 11) is 0. The van der Waals surface area contributed by atoms with E-state index in [1.807, 2.05) is 13.8 Å². The third-order valence-corrected chi connectivity index (χ3v) is 3.97. The summed E-state index contributed by atoms with van der Waals surface area (Å²) in [5.41, 5.74) is 5.71. The SMILES string of the molecule is CCC1CCCC1NC(=O)CNC(=O)[C@@H](N)C(C)C.Cl. The van der Waals surface area contributed by atoms with Gasteiger partial charge in [-0.15, -0.1) is 12.4 Å². The van der Waals surface area contributed by atoms with Crippen molar-refractivity contribution in [3.63, 3.8) is 0 Å². The summed E-state index contributed by atoms with van der Waals surface area (Å²) < 4.78 is 0. The first-order chi connectivity index (χ1) is 8.95. The van der Waals surface area contributed by atoms with Gasteiger partial charge in [-0.2, -0.15) is 0 Å². The fourth-order valence-corrected chi connectivity index (χ4v) is 2.56. The first-order valence-electron chi connectivity index (χ1n) is 7.28. The summed E-state index contributed by atoms with van der Waals surface area (Å²) in [4.78, 5) is 23.4. The van der Waals surface area contributed by atoms with E-state index in [9.17, 15) is 9.59 Å². The Kier molecular flexibility index (Phi) is 8.81. The molecule has 20 heavy (non-hydrogen) atoms. The summed E-state index contributed by atoms with van der Waals surface area (Å²) in [5, 5.41) is 5.60. The number of carbonyl (C=O) groups excluding carboxylic acids is 2. The molecular weight excluding hydrogens is 278 g/mol. The van der Waals surface area contributed by atoms with Crippen LogP contribution in [0.25, 0.3) is 0 Å². The molecule has 1 rings (SSSR count). The van der Waals surface area contributed by atoms with Crippen LogP contribution in [0.2, 0.25) is 0 Å². The van der Waals surface area contributed by atoms with Gasteiger partial charge in [0.25, 0.3) is 0 Å². The van der Waals surface area contributed by atoms with Crippen molar-refractivity contribution >= 4 is 24.2 Å². The predicted molar refractivity (Wildman–Crippen MR) is 82.6 cm³/mol. The summed E-state index contributed by atoms with van der Waals surface area (Å²) in [6.45, 7) is 5.94. The van der Waals surface area contributed by atoms with E-state index in [-0.39, 0.29) is 42.7 Å². The molecule has 0 bridgehead atoms. The van der Waals surface area contributed by atoms with Crippen molar-refractivity contribution in [1.82, 2.24) is 10.6 Å². The Morgan fingerprint density at radius 3 is 2.50 bits per heavy atom. The quantitative estimate of drug-likeness (QED) is 0.689. The second kappa shape index (κ2) is 9.19. The Hall–Kier alpha value is -0.810. The molecule has 6 heteroatoms. The molecule has 1 saturated carbocycles. The molecule has 1 fully saturated rings. The highest BCUT2D eigenvalue weighted by molar-refractivity contribution is 5.87. The molecule has 4 N–H and O–H groups in total. The van der Waals surface area contributed by atoms with E-state index < -0.39 is 6.04 Å². The van der Waals surface area contributed by atoms with E-state index in [1.165, 1.54) is 12.8 Å². The van der Waals surface area contributed by atoms with Gasteiger partial charge in [-0.25, -0.2) is 0 Å². The highest BCUT2D eigenvalue weighted by Gasteiger charge is 2.27. The summed E-state index contributed by atoms with van der Waals surface area (Å²) in [5.74, 6) is 0.276. The Labute approximate surface area is 127 Å². The number of nitrogens with one attached hydrogen (secondary N) is 2. The maximum Gasteiger partial charge on any atom is 0.239 e. The van der Waals surface area contributed by atoms with Gasteiger partial charge in [0, 0.05) is 6.04 Å². The molecule has 0 aliphatic heterocycles. The maximum atomic E-state index is 11.8. The van der Waals surface area contributed by atoms with Crippen LogP contribution in [0.4, 0.5) is 0 Å². The van der Waals surface area contributed by atoms with Crippen LogP contribution in [-0.4, -0.2) is 30.4 Å². The monoisotopic (exact) mass is 305 g/mol. The second-order valence-corrected chi connectivity index (χ2v) is 5.76. The molecule has 0 heterocycles. The van der Waals surface area contributed by atoms with Crippen LogP contribution in [0.3, 0.4) is 0 Å². The molecule has 0 radical (unpaired) electrons. The van der Waals surface area contributed by atoms with Gasteiger partial charge in [-0.3, -0.25) is 9.59 Å². The standard InChI is InChI=1S/C14H27N3O2.ClH/c1-4-10-6-5-7-11(10)17-12(18)8-16-14(19)13(15)9(2)3;/h9-11,13H,4-8,15H2,1-3H3,(H,16,19)(H,17,18);1H/t10?,11?,13-;/m0./s1. The first kappa shape index (κ1) is 19.2. The Bertz CT molecular complexity index is 324. The highest BCUT2D eigenvalue weighted by atomic mass is 35.5. The summed E-state index contributed by atoms with van der Waals surface area (Å²) in [6.07, 6.45) is 4.50. The molecule has 0 spiro atoms. The molecule has 0 aromatic rings. The van der Waals surface area contributed by atoms with Crippen LogP contribution in [-0.2, 0) is 9.59 Å². The zero-order chi connectivity index (χ0) is 14.4. The van der Waals surface area contributed by atoms with Crippen LogP contribution >= 0.6 is 12.4 Å². The van der Waals surface area contributed by atoms with Crippen molar-refractivity contribution in [2.24, 2.45) is 17.6 Å². The number of nitrogens with two attached hydrogens (primary N) is 1. The Morgan fingerprint density at radius 1 is 1.30 bits per heavy atom. The minimum absolute atomic E-state index is 0. The fourth-order valence-electron chi connectivity index (χ4n) is 2.56. The van der Waals surface area contributed by atoms with Gasteiger partial charge in [0.1, 0.15) is 0 Å². The summed E-state index contributed by atoms with van der Waals surface area (Å²) >= 11 is 0. The van der Waals surface area contributed by atoms with E-state index in [4.69, 9.17) is 5.73 Å². The van der Waals surface area contributed by atoms with E-state index in [0.29, 0.717) is 5.92 Å². The average Bonchev–Trinajstić information content (AvgIpc) is 2.81. The van der Waals surface area contributed by atoms with Gasteiger partial charge in [0.15, 0.2) is 0 Å². The van der Waals surface area contributed by atoms with Gasteiger partial charge in [-0.05, 0) is 24.7 Å². The van der Waals surface area contributed by atoms with Gasteiger partial charge in [-0.1, -0.05) is 33.6 Å². The Balaban J connectivity index is 0.00000361. The zero-order valence-corrected chi connectivity index (χ0v) is 13.5. The molecule has 118 valence electrons. The summed E-state index contributed by atoms with van der Waals surface area (Å²) in [6, 6.07) is -0.282. The van der Waals surface area contributed by atoms with Crippen molar-refractivity contribution in [3.8, 4) is 0 Å². The van der Waals surface area contributed by atoms with Crippen molar-refractivity contribution in [1.29, 1.82) is 0 Å². The molecule has 3 atom stereocenters. The number of amides is 2. The van der Waals surface area contributed by atoms with Gasteiger partial charge < -0.3 is 16.4 Å². The lowest BCUT2D eigenvalue weighted by atomic mass is 10.0. The largest absolute Gasteiger partial charge is 0.352 e. The minimum Gasteiger partial charge on any atom is -0.352 e. The molecule has 2 unspecified atom stereocenters. The lowest BCUT2D eigenvalue weighted by Gasteiger charge is -2.20. The highest BCUT2D eigenvalue weighted by Crippen LogP contribution is 2.27. The van der Waals surface area contributed by atoms with Crippen molar-refractivity contribution in [2.75, 3.05) is 6.54 Å². The van der Waals surface area contributed by atoms with Gasteiger partial charge >= 0.3 is 0 Å². The molecule has 0 aromatic carbocycles. The zero-order valence-electron chi connectivity index (χ0n) is 12.6. The molecule has 1 aliphatic rings. The third kappa shape index (κ3) is 5.67. The van der Waals surface area contributed by atoms with E-state index in [1.54, 1.807) is 0 Å². The van der Waals surface area contributed by atoms with E-state index >= 15 is 0 Å². The normalized spacial score (nSPS) is 23.1. The van der Waals surface area contributed by atoms with Crippen LogP contribution < -0.4 is 16.4 Å². The second-order valence-electron chi connectivity index (χ2n) is 5.76. The van der Waals surface area contributed by atoms with E-state index in [2.05, 4.69) is 17.6 Å². The van der Waals surface area contributed by atoms with Crippen molar-refractivity contribution in [3.05, 3.63) is 0 Å². The number of rotatable bonds is 6. The topological polar surface area (TPSA) is 84.2 Å². The van der Waals surface area contributed by atoms with Crippen LogP contribution in [0.15, 0.2) is 0 Å². The van der Waals surface area contributed by atoms with Crippen LogP contribution in [0.5, 0.6) is 0 Å². The van der Waals surface area contributed by atoms with Gasteiger partial charge in [0.05, 0.1) is 12.6 Å². The van der Waals surface area contributed by atoms with Crippen LogP contribution in [0, 0.1) is 11.8 Å². The first-order valence-corrected chi connectivity index (χ1v) is 7.28. The smallest absolute Gasteiger partial charge is 0.239 e. The molecule has 0 aromatic heterocycles. The molecule has 2 amide bonds. The minimum atomic E-state index is -0.553.